The molecule has 1 saturated carbocycles. The molecule has 3 aliphatic heterocycles. The van der Waals surface area contributed by atoms with Gasteiger partial charge in [-0.3, -0.25) is 14.7 Å². The minimum atomic E-state index is -5.08. The van der Waals surface area contributed by atoms with Crippen LogP contribution in [0.4, 0.5) is 18.0 Å². The van der Waals surface area contributed by atoms with Gasteiger partial charge in [-0.1, -0.05) is 39.0 Å². The predicted octanol–water partition coefficient (Wildman–Crippen LogP) is 5.14. The normalized spacial score (nSPS) is 23.5. The molecule has 4 heterocycles. The molecule has 4 aliphatic rings. The smallest absolute Gasteiger partial charge is 0.475 e. The Hall–Kier alpha value is -2.96. The number of nitrogens with zero attached hydrogens (tertiary/aromatic N) is 5. The van der Waals surface area contributed by atoms with Crippen LogP contribution in [0.25, 0.3) is 0 Å². The fraction of sp³-hybridized carbons (Fsp3) is 0.767. The molecular weight excluding hydrogens is 567 g/mol. The van der Waals surface area contributed by atoms with Gasteiger partial charge in [0.15, 0.2) is 0 Å². The summed E-state index contributed by atoms with van der Waals surface area (Å²) in [5.41, 5.74) is 0.106. The van der Waals surface area contributed by atoms with E-state index in [0.29, 0.717) is 17.7 Å². The highest BCUT2D eigenvalue weighted by Crippen LogP contribution is 2.43. The Labute approximate surface area is 251 Å². The average molecular weight is 612 g/mol. The first kappa shape index (κ1) is 32.9. The number of halogens is 3. The van der Waals surface area contributed by atoms with E-state index in [4.69, 9.17) is 14.6 Å². The van der Waals surface area contributed by atoms with Gasteiger partial charge in [-0.2, -0.15) is 13.2 Å². The Balaban J connectivity index is 0.000000541. The number of hydrogen-bond acceptors (Lipinski definition) is 7. The molecule has 2 amide bonds. The van der Waals surface area contributed by atoms with Crippen molar-refractivity contribution in [2.75, 3.05) is 32.7 Å². The van der Waals surface area contributed by atoms with Gasteiger partial charge in [-0.25, -0.2) is 14.6 Å². The van der Waals surface area contributed by atoms with Gasteiger partial charge in [-0.15, -0.1) is 0 Å². The van der Waals surface area contributed by atoms with E-state index in [-0.39, 0.29) is 23.6 Å². The molecule has 1 aromatic heterocycles. The topological polar surface area (TPSA) is 116 Å². The monoisotopic (exact) mass is 611 g/mol. The van der Waals surface area contributed by atoms with Crippen molar-refractivity contribution in [3.05, 3.63) is 24.3 Å². The summed E-state index contributed by atoms with van der Waals surface area (Å²) < 4.78 is 38.0. The van der Waals surface area contributed by atoms with Crippen molar-refractivity contribution >= 4 is 18.0 Å². The molecule has 1 atom stereocenters. The molecular formula is C30H44F3N5O5. The number of carbonyl (C=O) groups is 3. The van der Waals surface area contributed by atoms with Crippen LogP contribution < -0.4 is 0 Å². The Bertz CT molecular complexity index is 1070. The van der Waals surface area contributed by atoms with Crippen LogP contribution in [0.3, 0.4) is 0 Å². The third kappa shape index (κ3) is 8.36. The number of aromatic nitrogens is 2. The van der Waals surface area contributed by atoms with Gasteiger partial charge in [0.25, 0.3) is 5.91 Å². The lowest BCUT2D eigenvalue weighted by Gasteiger charge is -2.46. The minimum Gasteiger partial charge on any atom is -0.475 e. The van der Waals surface area contributed by atoms with Crippen LogP contribution in [-0.2, 0) is 9.53 Å². The molecule has 1 aliphatic carbocycles. The Kier molecular flexibility index (Phi) is 11.2. The van der Waals surface area contributed by atoms with Crippen LogP contribution in [0, 0.1) is 5.92 Å². The van der Waals surface area contributed by atoms with Gasteiger partial charge in [0.2, 0.25) is 0 Å². The summed E-state index contributed by atoms with van der Waals surface area (Å²) in [7, 11) is 0. The van der Waals surface area contributed by atoms with Crippen LogP contribution in [-0.4, -0.2) is 104 Å². The number of aliphatic carboxylic acids is 1. The van der Waals surface area contributed by atoms with Crippen LogP contribution >= 0.6 is 0 Å². The molecule has 1 aromatic rings. The number of carboxylic acids is 1. The summed E-state index contributed by atoms with van der Waals surface area (Å²) in [6.45, 7) is 6.57. The first-order valence-electron chi connectivity index (χ1n) is 15.6. The standard InChI is InChI=1S/C28H43N5O3.C2HF3O2/c1-2-3-9-25-28(36-27(35)33(25)21-22-7-5-4-6-8-22)12-18-31(19-13-28)23-10-16-32(17-11-23)26(34)24-20-29-14-15-30-24;3-2(4,5)1(6)7/h14-15,20,22-23,25H,2-13,16-19,21H2,1H3;(H,6,7). The number of rotatable bonds is 7. The fourth-order valence-corrected chi connectivity index (χ4v) is 7.09. The highest BCUT2D eigenvalue weighted by molar-refractivity contribution is 5.92. The van der Waals surface area contributed by atoms with Crippen molar-refractivity contribution in [1.29, 1.82) is 0 Å². The number of likely N-dealkylation sites (tertiary alicyclic amines) is 2. The molecule has 3 saturated heterocycles. The summed E-state index contributed by atoms with van der Waals surface area (Å²) in [6.07, 6.45) is 13.2. The highest BCUT2D eigenvalue weighted by Gasteiger charge is 2.55. The second-order valence-corrected chi connectivity index (χ2v) is 12.2. The number of amides is 2. The Morgan fingerprint density at radius 3 is 2.26 bits per heavy atom. The van der Waals surface area contributed by atoms with Gasteiger partial charge in [0.05, 0.1) is 12.2 Å². The van der Waals surface area contributed by atoms with E-state index in [2.05, 4.69) is 26.7 Å². The van der Waals surface area contributed by atoms with Gasteiger partial charge in [0, 0.05) is 64.0 Å². The van der Waals surface area contributed by atoms with Crippen molar-refractivity contribution < 1.29 is 37.4 Å². The Morgan fingerprint density at radius 1 is 1.05 bits per heavy atom. The predicted molar refractivity (Wildman–Crippen MR) is 151 cm³/mol. The minimum absolute atomic E-state index is 0.0196. The van der Waals surface area contributed by atoms with E-state index >= 15 is 0 Å². The number of piperidine rings is 2. The van der Waals surface area contributed by atoms with Gasteiger partial charge in [0.1, 0.15) is 11.3 Å². The van der Waals surface area contributed by atoms with E-state index in [0.717, 1.165) is 77.7 Å². The lowest BCUT2D eigenvalue weighted by molar-refractivity contribution is -0.192. The Morgan fingerprint density at radius 2 is 1.70 bits per heavy atom. The molecule has 4 fully saturated rings. The lowest BCUT2D eigenvalue weighted by Crippen LogP contribution is -2.56. The van der Waals surface area contributed by atoms with Crippen molar-refractivity contribution in [3.63, 3.8) is 0 Å². The zero-order valence-corrected chi connectivity index (χ0v) is 24.9. The molecule has 0 bridgehead atoms. The molecule has 10 nitrogen and oxygen atoms in total. The zero-order chi connectivity index (χ0) is 31.0. The van der Waals surface area contributed by atoms with Crippen LogP contribution in [0.2, 0.25) is 0 Å². The molecule has 43 heavy (non-hydrogen) atoms. The molecule has 1 spiro atoms. The van der Waals surface area contributed by atoms with Gasteiger partial charge in [-0.05, 0) is 38.0 Å². The summed E-state index contributed by atoms with van der Waals surface area (Å²) >= 11 is 0. The summed E-state index contributed by atoms with van der Waals surface area (Å²) in [6, 6.07) is 0.707. The summed E-state index contributed by atoms with van der Waals surface area (Å²) in [4.78, 5) is 49.6. The maximum absolute atomic E-state index is 13.1. The number of unbranched alkanes of at least 4 members (excludes halogenated alkanes) is 1. The van der Waals surface area contributed by atoms with Gasteiger partial charge >= 0.3 is 18.2 Å². The van der Waals surface area contributed by atoms with Crippen molar-refractivity contribution in [2.45, 2.75) is 108 Å². The largest absolute Gasteiger partial charge is 0.490 e. The molecule has 0 aromatic carbocycles. The second kappa shape index (κ2) is 14.7. The number of alkyl halides is 3. The third-order valence-corrected chi connectivity index (χ3v) is 9.46. The number of hydrogen-bond donors (Lipinski definition) is 1. The number of carboxylic acid groups (broad SMARTS) is 1. The zero-order valence-electron chi connectivity index (χ0n) is 24.9. The number of carbonyl (C=O) groups excluding carboxylic acids is 2. The lowest BCUT2D eigenvalue weighted by atomic mass is 9.80. The van der Waals surface area contributed by atoms with E-state index in [1.807, 2.05) is 4.90 Å². The molecule has 1 unspecified atom stereocenters. The maximum Gasteiger partial charge on any atom is 0.490 e. The maximum atomic E-state index is 13.1. The van der Waals surface area contributed by atoms with E-state index in [1.54, 1.807) is 18.6 Å². The molecule has 1 N–H and O–H groups in total. The third-order valence-electron chi connectivity index (χ3n) is 9.46. The van der Waals surface area contributed by atoms with E-state index in [1.165, 1.54) is 32.1 Å². The van der Waals surface area contributed by atoms with Gasteiger partial charge < -0.3 is 19.6 Å². The fourth-order valence-electron chi connectivity index (χ4n) is 7.09. The van der Waals surface area contributed by atoms with E-state index < -0.39 is 12.1 Å². The first-order valence-corrected chi connectivity index (χ1v) is 15.6. The summed E-state index contributed by atoms with van der Waals surface area (Å²) in [5.74, 6) is -2.14. The molecule has 13 heteroatoms. The van der Waals surface area contributed by atoms with Crippen LogP contribution in [0.5, 0.6) is 0 Å². The summed E-state index contributed by atoms with van der Waals surface area (Å²) in [5, 5.41) is 7.12. The van der Waals surface area contributed by atoms with Crippen molar-refractivity contribution in [2.24, 2.45) is 5.92 Å². The number of ether oxygens (including phenoxy) is 1. The second-order valence-electron chi connectivity index (χ2n) is 12.2. The molecule has 240 valence electrons. The molecule has 5 rings (SSSR count). The first-order chi connectivity index (χ1) is 20.5. The van der Waals surface area contributed by atoms with Crippen molar-refractivity contribution in [3.8, 4) is 0 Å². The quantitative estimate of drug-likeness (QED) is 0.451. The van der Waals surface area contributed by atoms with Crippen LogP contribution in [0.1, 0.15) is 94.5 Å². The SMILES string of the molecule is CCCCC1N(CC2CCCCC2)C(=O)OC12CCN(C1CCN(C(=O)c3cnccn3)CC1)CC2.O=C(O)C(F)(F)F. The average Bonchev–Trinajstić information content (AvgIpc) is 3.25. The van der Waals surface area contributed by atoms with Crippen molar-refractivity contribution in [1.82, 2.24) is 24.7 Å². The van der Waals surface area contributed by atoms with E-state index in [9.17, 15) is 22.8 Å². The highest BCUT2D eigenvalue weighted by atomic mass is 19.4. The van der Waals surface area contributed by atoms with Crippen LogP contribution in [0.15, 0.2) is 18.6 Å². The molecule has 0 radical (unpaired) electrons.